The van der Waals surface area contributed by atoms with Gasteiger partial charge in [-0.05, 0) is 42.1 Å². The van der Waals surface area contributed by atoms with E-state index >= 15 is 0 Å². The summed E-state index contributed by atoms with van der Waals surface area (Å²) in [5, 5.41) is 7.33. The molecule has 0 heterocycles. The van der Waals surface area contributed by atoms with Gasteiger partial charge >= 0.3 is 0 Å². The molecule has 0 fully saturated rings. The number of ether oxygens (including phenoxy) is 2. The lowest BCUT2D eigenvalue weighted by Crippen LogP contribution is -2.27. The van der Waals surface area contributed by atoms with Gasteiger partial charge in [0.15, 0.2) is 0 Å². The highest BCUT2D eigenvalue weighted by atomic mass is 35.5. The van der Waals surface area contributed by atoms with Gasteiger partial charge in [0, 0.05) is 13.1 Å². The van der Waals surface area contributed by atoms with Crippen molar-refractivity contribution in [2.75, 3.05) is 34.4 Å². The van der Waals surface area contributed by atoms with Crippen molar-refractivity contribution < 1.29 is 14.6 Å². The first-order valence-corrected chi connectivity index (χ1v) is 9.17. The minimum atomic E-state index is 0. The molecule has 4 nitrogen and oxygen atoms in total. The van der Waals surface area contributed by atoms with Crippen LogP contribution >= 0.6 is 12.4 Å². The third-order valence-corrected chi connectivity index (χ3v) is 4.51. The average molecular weight is 408 g/mol. The second-order valence-electron chi connectivity index (χ2n) is 6.69. The van der Waals surface area contributed by atoms with Gasteiger partial charge in [-0.2, -0.15) is 0 Å². The van der Waals surface area contributed by atoms with Crippen molar-refractivity contribution in [1.82, 2.24) is 4.90 Å². The number of methoxy groups -OCH3 is 2. The molecule has 0 spiro atoms. The van der Waals surface area contributed by atoms with Gasteiger partial charge in [0.2, 0.25) is 0 Å². The summed E-state index contributed by atoms with van der Waals surface area (Å²) >= 11 is 0. The quantitative estimate of drug-likeness (QED) is 0.574. The summed E-state index contributed by atoms with van der Waals surface area (Å²) in [5.41, 5.74) is 2.52. The Hall–Kier alpha value is -2.17. The number of benzene rings is 2. The van der Waals surface area contributed by atoms with E-state index in [2.05, 4.69) is 56.6 Å². The van der Waals surface area contributed by atoms with E-state index in [4.69, 9.17) is 14.6 Å². The van der Waals surface area contributed by atoms with Crippen LogP contribution in [0.25, 0.3) is 0 Å². The largest absolute Gasteiger partial charge is 0.516 e. The first kappa shape index (κ1) is 25.8. The fourth-order valence-electron chi connectivity index (χ4n) is 3.35. The van der Waals surface area contributed by atoms with Crippen LogP contribution in [0, 0.1) is 0 Å². The van der Waals surface area contributed by atoms with Crippen LogP contribution in [0.3, 0.4) is 0 Å². The highest BCUT2D eigenvalue weighted by Crippen LogP contribution is 2.29. The van der Waals surface area contributed by atoms with Crippen LogP contribution in [0.5, 0.6) is 11.5 Å². The smallest absolute Gasteiger partial charge is 0.122 e. The maximum absolute atomic E-state index is 7.33. The highest BCUT2D eigenvalue weighted by molar-refractivity contribution is 5.85. The fraction of sp³-hybridized carbons (Fsp3) is 0.391. The van der Waals surface area contributed by atoms with Gasteiger partial charge in [-0.15, -0.1) is 12.4 Å². The van der Waals surface area contributed by atoms with Gasteiger partial charge in [0.05, 0.1) is 20.5 Å². The maximum Gasteiger partial charge on any atom is 0.122 e. The Morgan fingerprint density at radius 1 is 0.893 bits per heavy atom. The molecule has 2 unspecified atom stereocenters. The van der Waals surface area contributed by atoms with Gasteiger partial charge in [-0.1, -0.05) is 56.8 Å². The normalized spacial score (nSPS) is 12.1. The van der Waals surface area contributed by atoms with E-state index in [0.29, 0.717) is 11.8 Å². The first-order chi connectivity index (χ1) is 13.0. The van der Waals surface area contributed by atoms with Crippen LogP contribution in [-0.4, -0.2) is 44.4 Å². The molecule has 1 N–H and O–H groups in total. The monoisotopic (exact) mass is 407 g/mol. The molecule has 0 aliphatic heterocycles. The maximum atomic E-state index is 7.33. The van der Waals surface area contributed by atoms with Gasteiger partial charge in [-0.3, -0.25) is 0 Å². The Bertz CT molecular complexity index is 638. The molecule has 28 heavy (non-hydrogen) atoms. The van der Waals surface area contributed by atoms with Crippen LogP contribution in [-0.2, 0) is 0 Å². The molecular weight excluding hydrogens is 374 g/mol. The Balaban J connectivity index is 0.00000171. The lowest BCUT2D eigenvalue weighted by Gasteiger charge is -2.26. The van der Waals surface area contributed by atoms with Crippen molar-refractivity contribution in [1.29, 1.82) is 0 Å². The summed E-state index contributed by atoms with van der Waals surface area (Å²) in [6.45, 7) is 9.39. The first-order valence-electron chi connectivity index (χ1n) is 9.17. The zero-order chi connectivity index (χ0) is 20.2. The summed E-state index contributed by atoms with van der Waals surface area (Å²) in [7, 11) is 5.65. The minimum absolute atomic E-state index is 0. The molecule has 0 amide bonds. The molecule has 5 heteroatoms. The Morgan fingerprint density at radius 2 is 1.21 bits per heavy atom. The van der Waals surface area contributed by atoms with Gasteiger partial charge in [-0.25, -0.2) is 0 Å². The molecule has 2 aromatic rings. The zero-order valence-corrected chi connectivity index (χ0v) is 18.4. The Morgan fingerprint density at radius 3 is 1.54 bits per heavy atom. The van der Waals surface area contributed by atoms with E-state index in [-0.39, 0.29) is 12.4 Å². The number of halogens is 1. The summed E-state index contributed by atoms with van der Waals surface area (Å²) < 4.78 is 11.0. The topological polar surface area (TPSA) is 41.9 Å². The second-order valence-corrected chi connectivity index (χ2v) is 6.69. The second kappa shape index (κ2) is 13.9. The molecule has 2 rings (SSSR count). The molecule has 0 saturated carbocycles. The lowest BCUT2D eigenvalue weighted by atomic mass is 9.97. The molecule has 0 saturated heterocycles. The molecule has 0 bridgehead atoms. The van der Waals surface area contributed by atoms with Gasteiger partial charge in [0.1, 0.15) is 11.5 Å². The lowest BCUT2D eigenvalue weighted by molar-refractivity contribution is 0.295. The Kier molecular flexibility index (Phi) is 12.8. The SMILES string of the molecule is C=CO.COc1ccccc1C(C)CN(C)CC(C)c1ccccc1OC.Cl. The van der Waals surface area contributed by atoms with Crippen molar-refractivity contribution in [3.8, 4) is 11.5 Å². The van der Waals surface area contributed by atoms with Crippen LogP contribution in [0.1, 0.15) is 36.8 Å². The minimum Gasteiger partial charge on any atom is -0.516 e. The zero-order valence-electron chi connectivity index (χ0n) is 17.6. The van der Waals surface area contributed by atoms with Gasteiger partial charge < -0.3 is 19.5 Å². The van der Waals surface area contributed by atoms with Crippen LogP contribution < -0.4 is 9.47 Å². The molecule has 156 valence electrons. The third kappa shape index (κ3) is 7.83. The van der Waals surface area contributed by atoms with Crippen molar-refractivity contribution in [2.45, 2.75) is 25.7 Å². The summed E-state index contributed by atoms with van der Waals surface area (Å²) in [6, 6.07) is 16.6. The van der Waals surface area contributed by atoms with Crippen LogP contribution in [0.2, 0.25) is 0 Å². The molecule has 2 atom stereocenters. The molecular formula is C23H34ClNO3. The van der Waals surface area contributed by atoms with Gasteiger partial charge in [0.25, 0.3) is 0 Å². The van der Waals surface area contributed by atoms with E-state index in [9.17, 15) is 0 Å². The number of likely N-dealkylation sites (N-methyl/N-ethyl adjacent to an activating group) is 1. The molecule has 0 aliphatic rings. The van der Waals surface area contributed by atoms with Crippen molar-refractivity contribution in [3.63, 3.8) is 0 Å². The predicted molar refractivity (Wildman–Crippen MR) is 120 cm³/mol. The number of hydrogen-bond acceptors (Lipinski definition) is 4. The third-order valence-electron chi connectivity index (χ3n) is 4.51. The summed E-state index contributed by atoms with van der Waals surface area (Å²) in [5.74, 6) is 2.76. The van der Waals surface area contributed by atoms with Crippen LogP contribution in [0.15, 0.2) is 61.4 Å². The summed E-state index contributed by atoms with van der Waals surface area (Å²) in [6.07, 6.45) is 0.750. The van der Waals surface area contributed by atoms with E-state index in [0.717, 1.165) is 30.9 Å². The molecule has 0 radical (unpaired) electrons. The summed E-state index contributed by atoms with van der Waals surface area (Å²) in [4.78, 5) is 2.38. The number of para-hydroxylation sites is 2. The predicted octanol–water partition coefficient (Wildman–Crippen LogP) is 5.65. The van der Waals surface area contributed by atoms with E-state index in [1.807, 2.05) is 24.3 Å². The molecule has 0 aromatic heterocycles. The van der Waals surface area contributed by atoms with Crippen molar-refractivity contribution in [3.05, 3.63) is 72.5 Å². The number of hydrogen-bond donors (Lipinski definition) is 1. The number of aliphatic hydroxyl groups excluding tert-OH is 1. The standard InChI is InChI=1S/C21H29NO2.C2H4O.ClH/c1-16(18-10-6-8-12-20(18)23-4)14-22(3)15-17(2)19-11-7-9-13-21(19)24-5;1-2-3;/h6-13,16-17H,14-15H2,1-5H3;2-3H,1H2;1H. The highest BCUT2D eigenvalue weighted by Gasteiger charge is 2.17. The number of nitrogens with zero attached hydrogens (tertiary/aromatic N) is 1. The van der Waals surface area contributed by atoms with Crippen molar-refractivity contribution >= 4 is 12.4 Å². The molecule has 2 aromatic carbocycles. The van der Waals surface area contributed by atoms with Crippen molar-refractivity contribution in [2.24, 2.45) is 0 Å². The molecule has 0 aliphatic carbocycles. The number of rotatable bonds is 8. The van der Waals surface area contributed by atoms with E-state index in [1.54, 1.807) is 14.2 Å². The van der Waals surface area contributed by atoms with E-state index < -0.39 is 0 Å². The average Bonchev–Trinajstić information content (AvgIpc) is 2.68. The van der Waals surface area contributed by atoms with E-state index in [1.165, 1.54) is 11.1 Å². The Labute approximate surface area is 176 Å². The number of aliphatic hydroxyl groups is 1. The fourth-order valence-corrected chi connectivity index (χ4v) is 3.35. The van der Waals surface area contributed by atoms with Crippen LogP contribution in [0.4, 0.5) is 0 Å².